The second-order valence-electron chi connectivity index (χ2n) is 6.04. The molecule has 0 N–H and O–H groups in total. The predicted octanol–water partition coefficient (Wildman–Crippen LogP) is 4.41. The van der Waals surface area contributed by atoms with Crippen molar-refractivity contribution in [1.82, 2.24) is 9.97 Å². The standard InChI is InChI=1S/C17H13F2N3S/c1-16(2)17(18,19)11-9-23-8-10(11)15(22-16)14-7-20-12-5-3-4-6-13(12)21-14/h3-9H,1-2H3. The molecule has 0 spiro atoms. The molecule has 1 aliphatic rings. The molecule has 1 aromatic carbocycles. The summed E-state index contributed by atoms with van der Waals surface area (Å²) >= 11 is 1.25. The van der Waals surface area contributed by atoms with Crippen molar-refractivity contribution in [3.05, 3.63) is 58.0 Å². The number of hydrogen-bond donors (Lipinski definition) is 0. The average molecular weight is 329 g/mol. The molecule has 3 aromatic rings. The van der Waals surface area contributed by atoms with Crippen molar-refractivity contribution in [3.8, 4) is 0 Å². The molecule has 0 saturated carbocycles. The summed E-state index contributed by atoms with van der Waals surface area (Å²) in [6.07, 6.45) is 1.60. The van der Waals surface area contributed by atoms with E-state index in [9.17, 15) is 8.78 Å². The highest BCUT2D eigenvalue weighted by atomic mass is 32.1. The van der Waals surface area contributed by atoms with Crippen molar-refractivity contribution in [1.29, 1.82) is 0 Å². The van der Waals surface area contributed by atoms with Gasteiger partial charge in [-0.15, -0.1) is 0 Å². The van der Waals surface area contributed by atoms with E-state index in [0.717, 1.165) is 11.0 Å². The summed E-state index contributed by atoms with van der Waals surface area (Å²) in [7, 11) is 0. The van der Waals surface area contributed by atoms with Crippen LogP contribution in [0.3, 0.4) is 0 Å². The van der Waals surface area contributed by atoms with Gasteiger partial charge in [0.25, 0.3) is 5.92 Å². The molecule has 0 saturated heterocycles. The minimum atomic E-state index is -3.00. The first kappa shape index (κ1) is 14.4. The van der Waals surface area contributed by atoms with Gasteiger partial charge in [0.05, 0.1) is 22.9 Å². The zero-order valence-corrected chi connectivity index (χ0v) is 13.4. The maximum absolute atomic E-state index is 14.6. The Morgan fingerprint density at radius 2 is 1.78 bits per heavy atom. The van der Waals surface area contributed by atoms with Crippen LogP contribution in [0.25, 0.3) is 11.0 Å². The SMILES string of the molecule is CC1(C)N=C(c2cnc3ccccc3n2)c2cscc2C1(F)F. The van der Waals surface area contributed by atoms with Crippen molar-refractivity contribution in [3.63, 3.8) is 0 Å². The molecular weight excluding hydrogens is 316 g/mol. The fraction of sp³-hybridized carbons (Fsp3) is 0.235. The molecule has 0 atom stereocenters. The average Bonchev–Trinajstić information content (AvgIpc) is 3.01. The second kappa shape index (κ2) is 4.64. The lowest BCUT2D eigenvalue weighted by molar-refractivity contribution is -0.0678. The summed E-state index contributed by atoms with van der Waals surface area (Å²) in [5.41, 5.74) is 1.44. The maximum atomic E-state index is 14.6. The van der Waals surface area contributed by atoms with Gasteiger partial charge in [0.2, 0.25) is 0 Å². The summed E-state index contributed by atoms with van der Waals surface area (Å²) in [6.45, 7) is 2.89. The normalized spacial score (nSPS) is 18.5. The van der Waals surface area contributed by atoms with Crippen LogP contribution in [0.5, 0.6) is 0 Å². The van der Waals surface area contributed by atoms with Gasteiger partial charge in [0.15, 0.2) is 0 Å². The molecule has 3 nitrogen and oxygen atoms in total. The van der Waals surface area contributed by atoms with E-state index in [0.29, 0.717) is 17.0 Å². The molecule has 23 heavy (non-hydrogen) atoms. The van der Waals surface area contributed by atoms with Gasteiger partial charge in [-0.3, -0.25) is 9.98 Å². The van der Waals surface area contributed by atoms with Crippen molar-refractivity contribution in [2.24, 2.45) is 4.99 Å². The van der Waals surface area contributed by atoms with Crippen LogP contribution in [-0.4, -0.2) is 21.2 Å². The number of nitrogens with zero attached hydrogens (tertiary/aromatic N) is 3. The van der Waals surface area contributed by atoms with Gasteiger partial charge in [-0.2, -0.15) is 20.1 Å². The highest BCUT2D eigenvalue weighted by molar-refractivity contribution is 7.08. The number of aliphatic imine (C=N–C) groups is 1. The molecule has 116 valence electrons. The summed E-state index contributed by atoms with van der Waals surface area (Å²) < 4.78 is 29.2. The largest absolute Gasteiger partial charge is 0.298 e. The zero-order valence-electron chi connectivity index (χ0n) is 12.5. The summed E-state index contributed by atoms with van der Waals surface area (Å²) in [4.78, 5) is 13.3. The zero-order chi connectivity index (χ0) is 16.2. The molecule has 3 heterocycles. The van der Waals surface area contributed by atoms with Gasteiger partial charge >= 0.3 is 0 Å². The third-order valence-corrected chi connectivity index (χ3v) is 4.85. The van der Waals surface area contributed by atoms with Gasteiger partial charge in [-0.05, 0) is 26.0 Å². The summed E-state index contributed by atoms with van der Waals surface area (Å²) in [5, 5.41) is 3.20. The molecule has 0 unspecified atom stereocenters. The Hall–Kier alpha value is -2.21. The van der Waals surface area contributed by atoms with Crippen LogP contribution in [-0.2, 0) is 5.92 Å². The van der Waals surface area contributed by atoms with E-state index in [1.54, 1.807) is 11.6 Å². The lowest BCUT2D eigenvalue weighted by Gasteiger charge is -2.35. The fourth-order valence-electron chi connectivity index (χ4n) is 2.73. The third kappa shape index (κ3) is 2.01. The highest BCUT2D eigenvalue weighted by Crippen LogP contribution is 2.47. The van der Waals surface area contributed by atoms with Gasteiger partial charge in [-0.1, -0.05) is 12.1 Å². The van der Waals surface area contributed by atoms with Crippen LogP contribution < -0.4 is 0 Å². The Labute approximate surface area is 135 Å². The van der Waals surface area contributed by atoms with Crippen LogP contribution >= 0.6 is 11.3 Å². The van der Waals surface area contributed by atoms with Crippen LogP contribution in [0.15, 0.2) is 46.2 Å². The molecule has 0 amide bonds. The van der Waals surface area contributed by atoms with E-state index in [4.69, 9.17) is 0 Å². The lowest BCUT2D eigenvalue weighted by atomic mass is 9.85. The molecular formula is C17H13F2N3S. The van der Waals surface area contributed by atoms with E-state index in [1.165, 1.54) is 30.6 Å². The first-order valence-electron chi connectivity index (χ1n) is 7.17. The van der Waals surface area contributed by atoms with Crippen molar-refractivity contribution < 1.29 is 8.78 Å². The molecule has 0 aliphatic carbocycles. The topological polar surface area (TPSA) is 38.1 Å². The van der Waals surface area contributed by atoms with Crippen LogP contribution in [0.2, 0.25) is 0 Å². The smallest absolute Gasteiger partial charge is 0.270 e. The minimum absolute atomic E-state index is 0.0208. The van der Waals surface area contributed by atoms with E-state index >= 15 is 0 Å². The highest BCUT2D eigenvalue weighted by Gasteiger charge is 2.53. The number of rotatable bonds is 1. The lowest BCUT2D eigenvalue weighted by Crippen LogP contribution is -2.43. The molecule has 6 heteroatoms. The van der Waals surface area contributed by atoms with Gasteiger partial charge < -0.3 is 0 Å². The van der Waals surface area contributed by atoms with E-state index in [-0.39, 0.29) is 5.56 Å². The molecule has 1 aliphatic heterocycles. The molecule has 0 fully saturated rings. The van der Waals surface area contributed by atoms with Crippen LogP contribution in [0, 0.1) is 0 Å². The van der Waals surface area contributed by atoms with Crippen molar-refractivity contribution >= 4 is 28.1 Å². The minimum Gasteiger partial charge on any atom is -0.270 e. The van der Waals surface area contributed by atoms with E-state index in [1.807, 2.05) is 24.3 Å². The Kier molecular flexibility index (Phi) is 2.90. The second-order valence-corrected chi connectivity index (χ2v) is 6.78. The third-order valence-electron chi connectivity index (χ3n) is 4.11. The number of fused-ring (bicyclic) bond motifs is 2. The number of aromatic nitrogens is 2. The predicted molar refractivity (Wildman–Crippen MR) is 87.5 cm³/mol. The first-order chi connectivity index (χ1) is 10.9. The van der Waals surface area contributed by atoms with Gasteiger partial charge in [-0.25, -0.2) is 4.98 Å². The molecule has 4 rings (SSSR count). The Morgan fingerprint density at radius 3 is 2.57 bits per heavy atom. The molecule has 0 bridgehead atoms. The van der Waals surface area contributed by atoms with Crippen LogP contribution in [0.4, 0.5) is 8.78 Å². The number of alkyl halides is 2. The van der Waals surface area contributed by atoms with E-state index < -0.39 is 11.5 Å². The quantitative estimate of drug-likeness (QED) is 0.663. The number of benzene rings is 1. The number of hydrogen-bond acceptors (Lipinski definition) is 4. The monoisotopic (exact) mass is 329 g/mol. The van der Waals surface area contributed by atoms with Gasteiger partial charge in [0.1, 0.15) is 11.2 Å². The molecule has 2 aromatic heterocycles. The molecule has 0 radical (unpaired) electrons. The van der Waals surface area contributed by atoms with Crippen LogP contribution in [0.1, 0.15) is 30.7 Å². The Bertz CT molecular complexity index is 944. The summed E-state index contributed by atoms with van der Waals surface area (Å²) in [5.74, 6) is -3.00. The Balaban J connectivity index is 1.95. The van der Waals surface area contributed by atoms with Crippen molar-refractivity contribution in [2.45, 2.75) is 25.3 Å². The van der Waals surface area contributed by atoms with Crippen molar-refractivity contribution in [2.75, 3.05) is 0 Å². The number of halogens is 2. The fourth-order valence-corrected chi connectivity index (χ4v) is 3.58. The van der Waals surface area contributed by atoms with Gasteiger partial charge in [0, 0.05) is 21.9 Å². The van der Waals surface area contributed by atoms with E-state index in [2.05, 4.69) is 15.0 Å². The number of para-hydroxylation sites is 2. The summed E-state index contributed by atoms with van der Waals surface area (Å²) in [6, 6.07) is 7.47. The Morgan fingerprint density at radius 1 is 1.04 bits per heavy atom. The maximum Gasteiger partial charge on any atom is 0.298 e. The number of thiophene rings is 1. The first-order valence-corrected chi connectivity index (χ1v) is 8.11.